The van der Waals surface area contributed by atoms with E-state index < -0.39 is 5.97 Å². The van der Waals surface area contributed by atoms with Crippen molar-refractivity contribution < 1.29 is 19.1 Å². The van der Waals surface area contributed by atoms with Crippen LogP contribution in [0.25, 0.3) is 0 Å². The van der Waals surface area contributed by atoms with E-state index in [9.17, 15) is 14.4 Å². The van der Waals surface area contributed by atoms with Gasteiger partial charge in [-0.1, -0.05) is 29.8 Å². The van der Waals surface area contributed by atoms with Crippen molar-refractivity contribution in [2.45, 2.75) is 6.92 Å². The van der Waals surface area contributed by atoms with Gasteiger partial charge in [-0.3, -0.25) is 9.59 Å². The SMILES string of the molecule is COC(=O)c1ccc(Cl)c(N(CCNC(=O)c2ccccc2)C(C)=O)c1. The fourth-order valence-electron chi connectivity index (χ4n) is 2.38. The third-order valence-electron chi connectivity index (χ3n) is 3.70. The molecule has 0 atom stereocenters. The van der Waals surface area contributed by atoms with Gasteiger partial charge in [-0.2, -0.15) is 0 Å². The Morgan fingerprint density at radius 2 is 1.77 bits per heavy atom. The van der Waals surface area contributed by atoms with Crippen molar-refractivity contribution in [3.8, 4) is 0 Å². The molecular formula is C19H19ClN2O4. The van der Waals surface area contributed by atoms with Gasteiger partial charge < -0.3 is 15.0 Å². The molecule has 7 heteroatoms. The Balaban J connectivity index is 2.11. The molecule has 2 amide bonds. The maximum absolute atomic E-state index is 12.1. The van der Waals surface area contributed by atoms with Crippen molar-refractivity contribution in [2.75, 3.05) is 25.1 Å². The second-order valence-electron chi connectivity index (χ2n) is 5.45. The molecule has 0 bridgehead atoms. The molecule has 0 aliphatic heterocycles. The third kappa shape index (κ3) is 4.83. The lowest BCUT2D eigenvalue weighted by molar-refractivity contribution is -0.116. The molecular weight excluding hydrogens is 356 g/mol. The molecule has 26 heavy (non-hydrogen) atoms. The summed E-state index contributed by atoms with van der Waals surface area (Å²) in [4.78, 5) is 37.2. The van der Waals surface area contributed by atoms with E-state index >= 15 is 0 Å². The van der Waals surface area contributed by atoms with Gasteiger partial charge in [0.15, 0.2) is 0 Å². The lowest BCUT2D eigenvalue weighted by atomic mass is 10.2. The Labute approximate surface area is 156 Å². The Morgan fingerprint density at radius 1 is 1.08 bits per heavy atom. The molecule has 2 rings (SSSR count). The molecule has 0 radical (unpaired) electrons. The molecule has 0 spiro atoms. The minimum absolute atomic E-state index is 0.207. The highest BCUT2D eigenvalue weighted by Gasteiger charge is 2.18. The standard InChI is InChI=1S/C19H19ClN2O4/c1-13(23)22(11-10-21-18(24)14-6-4-3-5-7-14)17-12-15(19(25)26-2)8-9-16(17)20/h3-9,12H,10-11H2,1-2H3,(H,21,24). The van der Waals surface area contributed by atoms with Crippen LogP contribution in [0.3, 0.4) is 0 Å². The number of amides is 2. The molecule has 0 aliphatic carbocycles. The summed E-state index contributed by atoms with van der Waals surface area (Å²) in [7, 11) is 1.28. The molecule has 2 aromatic carbocycles. The number of methoxy groups -OCH3 is 1. The maximum Gasteiger partial charge on any atom is 0.337 e. The van der Waals surface area contributed by atoms with E-state index in [4.69, 9.17) is 16.3 Å². The van der Waals surface area contributed by atoms with Crippen molar-refractivity contribution in [2.24, 2.45) is 0 Å². The Hall–Kier alpha value is -2.86. The van der Waals surface area contributed by atoms with E-state index in [1.165, 1.54) is 37.1 Å². The summed E-state index contributed by atoms with van der Waals surface area (Å²) in [5, 5.41) is 3.08. The number of nitrogens with one attached hydrogen (secondary N) is 1. The molecule has 6 nitrogen and oxygen atoms in total. The highest BCUT2D eigenvalue weighted by molar-refractivity contribution is 6.34. The molecule has 136 valence electrons. The fraction of sp³-hybridized carbons (Fsp3) is 0.211. The first-order chi connectivity index (χ1) is 12.4. The summed E-state index contributed by atoms with van der Waals surface area (Å²) in [6, 6.07) is 13.3. The highest BCUT2D eigenvalue weighted by Crippen LogP contribution is 2.27. The van der Waals surface area contributed by atoms with Crippen LogP contribution < -0.4 is 10.2 Å². The average molecular weight is 375 g/mol. The minimum Gasteiger partial charge on any atom is -0.465 e. The van der Waals surface area contributed by atoms with Crippen LogP contribution >= 0.6 is 11.6 Å². The Morgan fingerprint density at radius 3 is 2.38 bits per heavy atom. The van der Waals surface area contributed by atoms with Crippen LogP contribution in [0.2, 0.25) is 5.02 Å². The number of nitrogens with zero attached hydrogens (tertiary/aromatic N) is 1. The first kappa shape index (κ1) is 19.5. The largest absolute Gasteiger partial charge is 0.465 e. The van der Waals surface area contributed by atoms with Gasteiger partial charge in [0.1, 0.15) is 0 Å². The van der Waals surface area contributed by atoms with Gasteiger partial charge in [0.05, 0.1) is 23.4 Å². The van der Waals surface area contributed by atoms with Gasteiger partial charge >= 0.3 is 5.97 Å². The van der Waals surface area contributed by atoms with Gasteiger partial charge in [-0.25, -0.2) is 4.79 Å². The van der Waals surface area contributed by atoms with Crippen LogP contribution in [-0.4, -0.2) is 38.0 Å². The zero-order chi connectivity index (χ0) is 19.1. The molecule has 0 aliphatic rings. The van der Waals surface area contributed by atoms with Gasteiger partial charge in [-0.15, -0.1) is 0 Å². The monoisotopic (exact) mass is 374 g/mol. The van der Waals surface area contributed by atoms with Gasteiger partial charge in [0.25, 0.3) is 5.91 Å². The van der Waals surface area contributed by atoms with E-state index in [0.29, 0.717) is 16.3 Å². The van der Waals surface area contributed by atoms with E-state index in [2.05, 4.69) is 5.32 Å². The lowest BCUT2D eigenvalue weighted by Gasteiger charge is -2.23. The second kappa shape index (κ2) is 9.01. The Bertz CT molecular complexity index is 808. The van der Waals surface area contributed by atoms with Gasteiger partial charge in [-0.05, 0) is 30.3 Å². The van der Waals surface area contributed by atoms with Crippen LogP contribution in [0.5, 0.6) is 0 Å². The van der Waals surface area contributed by atoms with Crippen LogP contribution in [0.4, 0.5) is 5.69 Å². The molecule has 2 aromatic rings. The van der Waals surface area contributed by atoms with E-state index in [0.717, 1.165) is 0 Å². The Kier molecular flexibility index (Phi) is 6.74. The normalized spacial score (nSPS) is 10.1. The van der Waals surface area contributed by atoms with Gasteiger partial charge in [0.2, 0.25) is 5.91 Å². The van der Waals surface area contributed by atoms with Crippen LogP contribution in [0.1, 0.15) is 27.6 Å². The predicted octanol–water partition coefficient (Wildman–Crippen LogP) is 2.91. The molecule has 0 unspecified atom stereocenters. The zero-order valence-electron chi connectivity index (χ0n) is 14.5. The number of halogens is 1. The van der Waals surface area contributed by atoms with E-state index in [-0.39, 0.29) is 30.5 Å². The summed E-state index contributed by atoms with van der Waals surface area (Å²) in [6.07, 6.45) is 0. The summed E-state index contributed by atoms with van der Waals surface area (Å²) in [5.74, 6) is -1.02. The zero-order valence-corrected chi connectivity index (χ0v) is 15.2. The third-order valence-corrected chi connectivity index (χ3v) is 4.01. The second-order valence-corrected chi connectivity index (χ2v) is 5.86. The highest BCUT2D eigenvalue weighted by atomic mass is 35.5. The van der Waals surface area contributed by atoms with Gasteiger partial charge in [0, 0.05) is 25.6 Å². The maximum atomic E-state index is 12.1. The minimum atomic E-state index is -0.524. The number of rotatable bonds is 6. The van der Waals surface area contributed by atoms with E-state index in [1.807, 2.05) is 6.07 Å². The number of benzene rings is 2. The first-order valence-electron chi connectivity index (χ1n) is 7.93. The molecule has 0 saturated heterocycles. The number of hydrogen-bond donors (Lipinski definition) is 1. The fourth-order valence-corrected chi connectivity index (χ4v) is 2.60. The molecule has 0 heterocycles. The van der Waals surface area contributed by atoms with Crippen molar-refractivity contribution in [1.29, 1.82) is 0 Å². The topological polar surface area (TPSA) is 75.7 Å². The number of carbonyl (C=O) groups excluding carboxylic acids is 3. The number of ether oxygens (including phenoxy) is 1. The van der Waals surface area contributed by atoms with E-state index in [1.54, 1.807) is 24.3 Å². The predicted molar refractivity (Wildman–Crippen MR) is 99.6 cm³/mol. The summed E-state index contributed by atoms with van der Waals surface area (Å²) in [6.45, 7) is 1.82. The average Bonchev–Trinajstić information content (AvgIpc) is 2.65. The van der Waals surface area contributed by atoms with Crippen LogP contribution in [0, 0.1) is 0 Å². The number of carbonyl (C=O) groups is 3. The van der Waals surface area contributed by atoms with Crippen LogP contribution in [-0.2, 0) is 9.53 Å². The smallest absolute Gasteiger partial charge is 0.337 e. The van der Waals surface area contributed by atoms with Crippen molar-refractivity contribution in [3.05, 3.63) is 64.7 Å². The number of esters is 1. The van der Waals surface area contributed by atoms with Crippen LogP contribution in [0.15, 0.2) is 48.5 Å². The molecule has 0 saturated carbocycles. The molecule has 1 N–H and O–H groups in total. The lowest BCUT2D eigenvalue weighted by Crippen LogP contribution is -2.37. The summed E-state index contributed by atoms with van der Waals surface area (Å²) < 4.78 is 4.69. The molecule has 0 fully saturated rings. The van der Waals surface area contributed by atoms with Crippen molar-refractivity contribution in [1.82, 2.24) is 5.32 Å². The number of anilines is 1. The first-order valence-corrected chi connectivity index (χ1v) is 8.31. The number of hydrogen-bond acceptors (Lipinski definition) is 4. The quantitative estimate of drug-likeness (QED) is 0.789. The summed E-state index contributed by atoms with van der Waals surface area (Å²) in [5.41, 5.74) is 1.20. The van der Waals surface area contributed by atoms with Crippen molar-refractivity contribution in [3.63, 3.8) is 0 Å². The van der Waals surface area contributed by atoms with Crippen molar-refractivity contribution >= 4 is 35.1 Å². The molecule has 0 aromatic heterocycles. The summed E-state index contributed by atoms with van der Waals surface area (Å²) >= 11 is 6.19.